The second kappa shape index (κ2) is 6.86. The first-order valence-electron chi connectivity index (χ1n) is 6.52. The van der Waals surface area contributed by atoms with Gasteiger partial charge in [0.05, 0.1) is 6.61 Å². The summed E-state index contributed by atoms with van der Waals surface area (Å²) in [5.74, 6) is -0.216. The van der Waals surface area contributed by atoms with Crippen molar-refractivity contribution in [3.63, 3.8) is 0 Å². The van der Waals surface area contributed by atoms with E-state index in [0.29, 0.717) is 0 Å². The van der Waals surface area contributed by atoms with Crippen LogP contribution >= 0.6 is 15.9 Å². The zero-order chi connectivity index (χ0) is 14.5. The van der Waals surface area contributed by atoms with Gasteiger partial charge >= 0.3 is 0 Å². The average molecular weight is 338 g/mol. The molecule has 2 aromatic rings. The summed E-state index contributed by atoms with van der Waals surface area (Å²) < 4.78 is 13.8. The molecule has 0 aliphatic heterocycles. The van der Waals surface area contributed by atoms with Gasteiger partial charge in [0, 0.05) is 23.2 Å². The number of benzene rings is 2. The fourth-order valence-electron chi connectivity index (χ4n) is 2.06. The zero-order valence-electron chi connectivity index (χ0n) is 11.3. The molecule has 4 heteroatoms. The number of nitrogens with zero attached hydrogens (tertiary/aromatic N) is 1. The molecule has 0 radical (unpaired) electrons. The Kier molecular flexibility index (Phi) is 5.15. The molecule has 0 spiro atoms. The second-order valence-electron chi connectivity index (χ2n) is 4.57. The number of aliphatic hydroxyl groups is 1. The van der Waals surface area contributed by atoms with Gasteiger partial charge in [0.1, 0.15) is 5.82 Å². The summed E-state index contributed by atoms with van der Waals surface area (Å²) in [5.41, 5.74) is 3.00. The highest BCUT2D eigenvalue weighted by molar-refractivity contribution is 9.10. The van der Waals surface area contributed by atoms with Crippen LogP contribution in [0.2, 0.25) is 0 Å². The van der Waals surface area contributed by atoms with Crippen molar-refractivity contribution in [1.82, 2.24) is 0 Å². The van der Waals surface area contributed by atoms with E-state index in [1.807, 2.05) is 18.2 Å². The molecule has 1 N–H and O–H groups in total. The molecule has 0 fully saturated rings. The first-order valence-corrected chi connectivity index (χ1v) is 7.32. The summed E-state index contributed by atoms with van der Waals surface area (Å²) in [5, 5.41) is 9.19. The van der Waals surface area contributed by atoms with E-state index in [1.54, 1.807) is 12.1 Å². The Morgan fingerprint density at radius 1 is 1.15 bits per heavy atom. The van der Waals surface area contributed by atoms with Crippen LogP contribution in [0.3, 0.4) is 0 Å². The van der Waals surface area contributed by atoms with E-state index in [9.17, 15) is 9.50 Å². The van der Waals surface area contributed by atoms with Crippen LogP contribution in [0.5, 0.6) is 0 Å². The molecule has 2 aromatic carbocycles. The molecular formula is C16H17BrFNO. The summed E-state index contributed by atoms with van der Waals surface area (Å²) in [4.78, 5) is 2.19. The Morgan fingerprint density at radius 2 is 1.85 bits per heavy atom. The molecule has 2 rings (SSSR count). The molecule has 20 heavy (non-hydrogen) atoms. The van der Waals surface area contributed by atoms with E-state index in [1.165, 1.54) is 12.1 Å². The van der Waals surface area contributed by atoms with Crippen LogP contribution in [0.4, 0.5) is 10.1 Å². The number of hydrogen-bond acceptors (Lipinski definition) is 2. The van der Waals surface area contributed by atoms with Crippen molar-refractivity contribution in [3.05, 3.63) is 63.9 Å². The molecule has 0 amide bonds. The quantitative estimate of drug-likeness (QED) is 0.887. The summed E-state index contributed by atoms with van der Waals surface area (Å²) in [7, 11) is 0. The lowest BCUT2D eigenvalue weighted by atomic mass is 10.1. The molecule has 0 aromatic heterocycles. The molecule has 0 bridgehead atoms. The van der Waals surface area contributed by atoms with Gasteiger partial charge in [0.2, 0.25) is 0 Å². The minimum absolute atomic E-state index is 0.0188. The van der Waals surface area contributed by atoms with Crippen LogP contribution in [0.1, 0.15) is 18.1 Å². The number of rotatable bonds is 5. The maximum absolute atomic E-state index is 12.9. The first kappa shape index (κ1) is 15.0. The van der Waals surface area contributed by atoms with Crippen LogP contribution in [0.25, 0.3) is 0 Å². The van der Waals surface area contributed by atoms with Crippen LogP contribution in [0.15, 0.2) is 46.9 Å². The van der Waals surface area contributed by atoms with E-state index >= 15 is 0 Å². The van der Waals surface area contributed by atoms with Crippen LogP contribution in [-0.4, -0.2) is 11.7 Å². The highest BCUT2D eigenvalue weighted by Crippen LogP contribution is 2.25. The fourth-order valence-corrected chi connectivity index (χ4v) is 2.55. The second-order valence-corrected chi connectivity index (χ2v) is 5.43. The summed E-state index contributed by atoms with van der Waals surface area (Å²) in [6, 6.07) is 12.5. The molecule has 0 unspecified atom stereocenters. The Labute approximate surface area is 127 Å². The topological polar surface area (TPSA) is 23.5 Å². The van der Waals surface area contributed by atoms with E-state index < -0.39 is 0 Å². The molecule has 0 atom stereocenters. The van der Waals surface area contributed by atoms with E-state index in [2.05, 4.69) is 27.8 Å². The SMILES string of the molecule is CCN(Cc1ccc(F)cc1)c1ccc(CO)c(Br)c1. The summed E-state index contributed by atoms with van der Waals surface area (Å²) in [6.45, 7) is 3.67. The van der Waals surface area contributed by atoms with Crippen LogP contribution in [0, 0.1) is 5.82 Å². The molecule has 0 aliphatic rings. The average Bonchev–Trinajstić information content (AvgIpc) is 2.46. The third-order valence-electron chi connectivity index (χ3n) is 3.24. The normalized spacial score (nSPS) is 10.6. The lowest BCUT2D eigenvalue weighted by molar-refractivity contribution is 0.281. The van der Waals surface area contributed by atoms with Crippen molar-refractivity contribution in [1.29, 1.82) is 0 Å². The largest absolute Gasteiger partial charge is 0.392 e. The Hall–Kier alpha value is -1.39. The molecule has 2 nitrogen and oxygen atoms in total. The highest BCUT2D eigenvalue weighted by Gasteiger charge is 2.08. The monoisotopic (exact) mass is 337 g/mol. The third kappa shape index (κ3) is 3.58. The van der Waals surface area contributed by atoms with Gasteiger partial charge in [0.15, 0.2) is 0 Å². The van der Waals surface area contributed by atoms with Gasteiger partial charge in [-0.25, -0.2) is 4.39 Å². The van der Waals surface area contributed by atoms with Crippen molar-refractivity contribution in [2.45, 2.75) is 20.1 Å². The Morgan fingerprint density at radius 3 is 2.40 bits per heavy atom. The smallest absolute Gasteiger partial charge is 0.123 e. The highest BCUT2D eigenvalue weighted by atomic mass is 79.9. The maximum atomic E-state index is 12.9. The van der Waals surface area contributed by atoms with Gasteiger partial charge < -0.3 is 10.0 Å². The van der Waals surface area contributed by atoms with Crippen molar-refractivity contribution >= 4 is 21.6 Å². The van der Waals surface area contributed by atoms with Gasteiger partial charge in [0.25, 0.3) is 0 Å². The van der Waals surface area contributed by atoms with Gasteiger partial charge in [-0.3, -0.25) is 0 Å². The number of halogens is 2. The predicted octanol–water partition coefficient (Wildman–Crippen LogP) is 4.11. The standard InChI is InChI=1S/C16H17BrFNO/c1-2-19(10-12-3-6-14(18)7-4-12)15-8-5-13(11-20)16(17)9-15/h3-9,20H,2,10-11H2,1H3. The lowest BCUT2D eigenvalue weighted by Gasteiger charge is -2.24. The molecule has 0 saturated carbocycles. The van der Waals surface area contributed by atoms with E-state index in [-0.39, 0.29) is 12.4 Å². The lowest BCUT2D eigenvalue weighted by Crippen LogP contribution is -2.22. The summed E-state index contributed by atoms with van der Waals surface area (Å²) >= 11 is 3.46. The Balaban J connectivity index is 2.19. The molecule has 106 valence electrons. The minimum Gasteiger partial charge on any atom is -0.392 e. The zero-order valence-corrected chi connectivity index (χ0v) is 12.9. The van der Waals surface area contributed by atoms with Crippen LogP contribution in [-0.2, 0) is 13.2 Å². The molecule has 0 saturated heterocycles. The summed E-state index contributed by atoms with van der Waals surface area (Å²) in [6.07, 6.45) is 0. The number of hydrogen-bond donors (Lipinski definition) is 1. The van der Waals surface area contributed by atoms with E-state index in [0.717, 1.165) is 34.4 Å². The van der Waals surface area contributed by atoms with Crippen molar-refractivity contribution in [2.75, 3.05) is 11.4 Å². The van der Waals surface area contributed by atoms with Gasteiger partial charge in [-0.05, 0) is 42.3 Å². The van der Waals surface area contributed by atoms with Gasteiger partial charge in [-0.2, -0.15) is 0 Å². The first-order chi connectivity index (χ1) is 9.63. The number of aliphatic hydroxyl groups excluding tert-OH is 1. The van der Waals surface area contributed by atoms with Gasteiger partial charge in [-0.15, -0.1) is 0 Å². The van der Waals surface area contributed by atoms with E-state index in [4.69, 9.17) is 0 Å². The molecular weight excluding hydrogens is 321 g/mol. The number of anilines is 1. The van der Waals surface area contributed by atoms with Crippen LogP contribution < -0.4 is 4.90 Å². The molecule has 0 heterocycles. The minimum atomic E-state index is -0.216. The predicted molar refractivity (Wildman–Crippen MR) is 83.2 cm³/mol. The third-order valence-corrected chi connectivity index (χ3v) is 3.98. The van der Waals surface area contributed by atoms with Crippen molar-refractivity contribution in [3.8, 4) is 0 Å². The molecule has 0 aliphatic carbocycles. The maximum Gasteiger partial charge on any atom is 0.123 e. The van der Waals surface area contributed by atoms with Crippen molar-refractivity contribution < 1.29 is 9.50 Å². The van der Waals surface area contributed by atoms with Crippen molar-refractivity contribution in [2.24, 2.45) is 0 Å². The Bertz CT molecular complexity index is 571. The van der Waals surface area contributed by atoms with Gasteiger partial charge in [-0.1, -0.05) is 34.1 Å². The fraction of sp³-hybridized carbons (Fsp3) is 0.250.